The molecule has 2 heterocycles. The number of ether oxygens (including phenoxy) is 1. The van der Waals surface area contributed by atoms with E-state index in [2.05, 4.69) is 20.5 Å². The highest BCUT2D eigenvalue weighted by atomic mass is 19.1. The van der Waals surface area contributed by atoms with Crippen molar-refractivity contribution in [2.75, 3.05) is 12.4 Å². The molecule has 1 fully saturated rings. The number of amides is 1. The number of pyridine rings is 1. The summed E-state index contributed by atoms with van der Waals surface area (Å²) in [5.41, 5.74) is 1.58. The Bertz CT molecular complexity index is 859. The van der Waals surface area contributed by atoms with Gasteiger partial charge >= 0.3 is 0 Å². The van der Waals surface area contributed by atoms with Crippen molar-refractivity contribution in [3.63, 3.8) is 0 Å². The number of methoxy groups -OCH3 is 1. The maximum absolute atomic E-state index is 13.5. The third kappa shape index (κ3) is 4.78. The molecule has 0 radical (unpaired) electrons. The van der Waals surface area contributed by atoms with Crippen molar-refractivity contribution < 1.29 is 13.9 Å². The van der Waals surface area contributed by atoms with E-state index in [1.165, 1.54) is 38.5 Å². The summed E-state index contributed by atoms with van der Waals surface area (Å²) in [5.74, 6) is 0.541. The van der Waals surface area contributed by atoms with Gasteiger partial charge in [-0.1, -0.05) is 33.1 Å². The van der Waals surface area contributed by atoms with Gasteiger partial charge in [0.05, 0.1) is 12.8 Å². The zero-order valence-corrected chi connectivity index (χ0v) is 15.2. The first kappa shape index (κ1) is 19.4. The van der Waals surface area contributed by atoms with Crippen LogP contribution in [-0.4, -0.2) is 28.7 Å². The molecule has 138 valence electrons. The van der Waals surface area contributed by atoms with Crippen LogP contribution < -0.4 is 10.1 Å². The van der Waals surface area contributed by atoms with Gasteiger partial charge in [0.2, 0.25) is 6.41 Å². The van der Waals surface area contributed by atoms with Crippen LogP contribution in [0.1, 0.15) is 33.1 Å². The van der Waals surface area contributed by atoms with Crippen LogP contribution in [0.2, 0.25) is 0 Å². The number of benzene rings is 1. The number of carbonyl (C=O) groups is 1. The fourth-order valence-electron chi connectivity index (χ4n) is 2.12. The highest BCUT2D eigenvalue weighted by Gasteiger charge is 2.14. The van der Waals surface area contributed by atoms with Gasteiger partial charge in [-0.05, 0) is 30.3 Å². The number of nitrogens with zero attached hydrogens (tertiary/aromatic N) is 2. The van der Waals surface area contributed by atoms with Crippen molar-refractivity contribution in [1.82, 2.24) is 15.2 Å². The third-order valence-corrected chi connectivity index (χ3v) is 3.41. The van der Waals surface area contributed by atoms with Gasteiger partial charge in [-0.15, -0.1) is 0 Å². The largest absolute Gasteiger partial charge is 0.496 e. The average Bonchev–Trinajstić information content (AvgIpc) is 3.50. The van der Waals surface area contributed by atoms with Gasteiger partial charge in [-0.3, -0.25) is 9.89 Å². The lowest BCUT2D eigenvalue weighted by molar-refractivity contribution is -0.105. The van der Waals surface area contributed by atoms with Crippen LogP contribution in [-0.2, 0) is 4.79 Å². The van der Waals surface area contributed by atoms with E-state index in [9.17, 15) is 9.18 Å². The van der Waals surface area contributed by atoms with Crippen molar-refractivity contribution in [2.24, 2.45) is 0 Å². The molecule has 0 saturated heterocycles. The van der Waals surface area contributed by atoms with Crippen LogP contribution in [0.15, 0.2) is 30.3 Å². The van der Waals surface area contributed by atoms with Crippen molar-refractivity contribution >= 4 is 23.3 Å². The lowest BCUT2D eigenvalue weighted by atomic mass is 10.1. The van der Waals surface area contributed by atoms with Gasteiger partial charge in [-0.25, -0.2) is 9.37 Å². The molecule has 3 aromatic rings. The monoisotopic (exact) mass is 358 g/mol. The second kappa shape index (κ2) is 9.50. The van der Waals surface area contributed by atoms with Gasteiger partial charge in [0, 0.05) is 10.9 Å². The summed E-state index contributed by atoms with van der Waals surface area (Å²) >= 11 is 0. The van der Waals surface area contributed by atoms with E-state index < -0.39 is 0 Å². The number of hydrogen-bond acceptors (Lipinski definition) is 4. The Morgan fingerprint density at radius 1 is 1.19 bits per heavy atom. The minimum Gasteiger partial charge on any atom is -0.496 e. The second-order valence-corrected chi connectivity index (χ2v) is 5.33. The van der Waals surface area contributed by atoms with Gasteiger partial charge in [0.25, 0.3) is 0 Å². The number of hydrogen-bond donors (Lipinski definition) is 2. The molecule has 6 nitrogen and oxygen atoms in total. The molecule has 1 aliphatic carbocycles. The van der Waals surface area contributed by atoms with E-state index >= 15 is 0 Å². The number of anilines is 1. The maximum Gasteiger partial charge on any atom is 0.212 e. The van der Waals surface area contributed by atoms with Crippen LogP contribution >= 0.6 is 0 Å². The minimum atomic E-state index is -0.374. The first-order chi connectivity index (χ1) is 12.7. The third-order valence-electron chi connectivity index (χ3n) is 3.41. The Hall–Kier alpha value is -2.96. The van der Waals surface area contributed by atoms with Crippen LogP contribution in [0.25, 0.3) is 22.3 Å². The summed E-state index contributed by atoms with van der Waals surface area (Å²) in [5, 5.41) is 10.1. The molecule has 0 unspecified atom stereocenters. The van der Waals surface area contributed by atoms with Crippen LogP contribution in [0.4, 0.5) is 10.2 Å². The predicted octanol–water partition coefficient (Wildman–Crippen LogP) is 4.54. The van der Waals surface area contributed by atoms with Gasteiger partial charge in [-0.2, -0.15) is 5.10 Å². The molecule has 2 N–H and O–H groups in total. The summed E-state index contributed by atoms with van der Waals surface area (Å²) in [7, 11) is 1.51. The van der Waals surface area contributed by atoms with E-state index in [1.54, 1.807) is 18.2 Å². The highest BCUT2D eigenvalue weighted by molar-refractivity contribution is 5.93. The number of nitrogens with one attached hydrogen (secondary N) is 2. The summed E-state index contributed by atoms with van der Waals surface area (Å²) in [6, 6.07) is 7.63. The maximum atomic E-state index is 13.5. The molecule has 0 atom stereocenters. The number of aromatic amines is 1. The Morgan fingerprint density at radius 3 is 2.54 bits per heavy atom. The molecule has 2 aromatic heterocycles. The number of H-pyrrole nitrogens is 1. The molecule has 1 aliphatic rings. The van der Waals surface area contributed by atoms with Gasteiger partial charge in [0.1, 0.15) is 17.4 Å². The van der Waals surface area contributed by atoms with Crippen molar-refractivity contribution in [2.45, 2.75) is 33.1 Å². The molecule has 1 amide bonds. The topological polar surface area (TPSA) is 79.9 Å². The summed E-state index contributed by atoms with van der Waals surface area (Å²) < 4.78 is 18.7. The Balaban J connectivity index is 0.000000429. The molecular formula is C19H23FN4O2. The molecular weight excluding hydrogens is 335 g/mol. The molecule has 1 saturated carbocycles. The van der Waals surface area contributed by atoms with Gasteiger partial charge in [0.15, 0.2) is 5.65 Å². The molecule has 26 heavy (non-hydrogen) atoms. The Kier molecular flexibility index (Phi) is 7.08. The highest BCUT2D eigenvalue weighted by Crippen LogP contribution is 2.33. The number of fused-ring (bicyclic) bond motifs is 1. The van der Waals surface area contributed by atoms with Crippen molar-refractivity contribution in [1.29, 1.82) is 0 Å². The number of carbonyl (C=O) groups excluding carboxylic acids is 1. The summed E-state index contributed by atoms with van der Waals surface area (Å²) in [4.78, 5) is 14.6. The Morgan fingerprint density at radius 2 is 1.92 bits per heavy atom. The fourth-order valence-corrected chi connectivity index (χ4v) is 2.12. The average molecular weight is 358 g/mol. The van der Waals surface area contributed by atoms with Crippen LogP contribution in [0.3, 0.4) is 0 Å². The predicted molar refractivity (Wildman–Crippen MR) is 101 cm³/mol. The van der Waals surface area contributed by atoms with E-state index in [4.69, 9.17) is 4.74 Å². The lowest BCUT2D eigenvalue weighted by Gasteiger charge is -2.07. The summed E-state index contributed by atoms with van der Waals surface area (Å²) in [6.07, 6.45) is 5.04. The lowest BCUT2D eigenvalue weighted by Crippen LogP contribution is -1.96. The van der Waals surface area contributed by atoms with Gasteiger partial charge < -0.3 is 10.1 Å². The molecule has 0 spiro atoms. The Labute approximate surface area is 151 Å². The van der Waals surface area contributed by atoms with Crippen LogP contribution in [0.5, 0.6) is 5.75 Å². The normalized spacial score (nSPS) is 11.5. The van der Waals surface area contributed by atoms with E-state index in [-0.39, 0.29) is 5.82 Å². The number of aromatic nitrogens is 3. The quantitative estimate of drug-likeness (QED) is 0.671. The molecule has 0 aliphatic heterocycles. The zero-order chi connectivity index (χ0) is 18.9. The standard InChI is InChI=1S/C14H11FN4O2.C3H6.C2H6/c1-21-11-4-2-8(15)6-10(11)13-9-3-5-12(16-7-20)17-14(9)19-18-13;1-2-3-1;1-2/h2-7H,1H3,(H2,16,17,18,19,20);1-3H2;1-2H3. The first-order valence-corrected chi connectivity index (χ1v) is 8.62. The number of halogens is 1. The van der Waals surface area contributed by atoms with Crippen molar-refractivity contribution in [3.8, 4) is 17.0 Å². The summed E-state index contributed by atoms with van der Waals surface area (Å²) in [6.45, 7) is 4.00. The second-order valence-electron chi connectivity index (χ2n) is 5.33. The smallest absolute Gasteiger partial charge is 0.212 e. The number of rotatable bonds is 4. The van der Waals surface area contributed by atoms with E-state index in [0.717, 1.165) is 0 Å². The molecule has 7 heteroatoms. The molecule has 4 rings (SSSR count). The minimum absolute atomic E-state index is 0.374. The van der Waals surface area contributed by atoms with Crippen molar-refractivity contribution in [3.05, 3.63) is 36.1 Å². The fraction of sp³-hybridized carbons (Fsp3) is 0.316. The first-order valence-electron chi connectivity index (χ1n) is 8.62. The zero-order valence-electron chi connectivity index (χ0n) is 15.2. The molecule has 1 aromatic carbocycles. The SMILES string of the molecule is C1CC1.CC.COc1ccc(F)cc1-c1[nH]nc2nc(NC=O)ccc12. The molecule has 0 bridgehead atoms. The van der Waals surface area contributed by atoms with Crippen LogP contribution in [0, 0.1) is 5.82 Å². The van der Waals surface area contributed by atoms with E-state index in [1.807, 2.05) is 13.8 Å². The van der Waals surface area contributed by atoms with E-state index in [0.29, 0.717) is 40.3 Å².